The molecule has 0 saturated carbocycles. The molecule has 11 heteroatoms. The molecule has 0 radical (unpaired) electrons. The molecular formula is C28H30FN7O3. The molecule has 39 heavy (non-hydrogen) atoms. The third-order valence-corrected chi connectivity index (χ3v) is 6.69. The fourth-order valence-corrected chi connectivity index (χ4v) is 4.42. The number of halogens is 1. The number of fused-ring (bicyclic) bond motifs is 1. The number of H-pyrrole nitrogens is 1. The van der Waals surface area contributed by atoms with Crippen molar-refractivity contribution >= 4 is 17.4 Å². The lowest BCUT2D eigenvalue weighted by Gasteiger charge is -2.22. The first-order valence-corrected chi connectivity index (χ1v) is 12.6. The molecule has 0 saturated heterocycles. The van der Waals surface area contributed by atoms with Crippen LogP contribution in [-0.2, 0) is 25.2 Å². The topological polar surface area (TPSA) is 128 Å². The first-order chi connectivity index (χ1) is 18.6. The zero-order valence-electron chi connectivity index (χ0n) is 22.0. The fourth-order valence-electron chi connectivity index (χ4n) is 4.42. The van der Waals surface area contributed by atoms with Crippen molar-refractivity contribution in [1.82, 2.24) is 30.2 Å². The van der Waals surface area contributed by atoms with Gasteiger partial charge in [0.15, 0.2) is 5.82 Å². The maximum atomic E-state index is 14.6. The van der Waals surface area contributed by atoms with E-state index in [4.69, 9.17) is 0 Å². The summed E-state index contributed by atoms with van der Waals surface area (Å²) in [5.41, 5.74) is 2.22. The van der Waals surface area contributed by atoms with Gasteiger partial charge in [-0.25, -0.2) is 9.49 Å². The quantitative estimate of drug-likeness (QED) is 0.289. The van der Waals surface area contributed by atoms with Crippen molar-refractivity contribution in [2.45, 2.75) is 39.1 Å². The number of aliphatic hydroxyl groups is 1. The van der Waals surface area contributed by atoms with Gasteiger partial charge in [-0.15, -0.1) is 0 Å². The molecule has 0 atom stereocenters. The number of aromatic amines is 1. The Morgan fingerprint density at radius 2 is 1.90 bits per heavy atom. The third-order valence-electron chi connectivity index (χ3n) is 6.69. The molecule has 202 valence electrons. The standard InChI is InChI=1S/C28H30FN7O3/c1-28(2,39)20-7-4-17(5-8-20)26(37)30-15-19-12-18(6-9-22(19)29)23-14-24(27(38)33-32-23)31-25-13-21-16-35(3)10-11-36(21)34-25/h4-9,12-14,39H,10-11,15-16H2,1-3H3,(H,30,37)(H,33,38)(H,31,32,34). The minimum Gasteiger partial charge on any atom is -0.386 e. The molecule has 10 nitrogen and oxygen atoms in total. The molecule has 1 aliphatic heterocycles. The number of hydrogen-bond donors (Lipinski definition) is 4. The molecule has 4 N–H and O–H groups in total. The number of anilines is 2. The number of likely N-dealkylation sites (N-methyl/N-ethyl adjacent to an activating group) is 1. The lowest BCUT2D eigenvalue weighted by Crippen LogP contribution is -2.30. The van der Waals surface area contributed by atoms with Crippen LogP contribution in [0, 0.1) is 5.82 Å². The van der Waals surface area contributed by atoms with Crippen LogP contribution in [-0.4, -0.2) is 49.5 Å². The Hall–Kier alpha value is -4.35. The van der Waals surface area contributed by atoms with Gasteiger partial charge in [0.25, 0.3) is 11.5 Å². The Labute approximate surface area is 224 Å². The number of hydrogen-bond acceptors (Lipinski definition) is 7. The van der Waals surface area contributed by atoms with Crippen molar-refractivity contribution in [3.63, 3.8) is 0 Å². The Morgan fingerprint density at radius 1 is 1.13 bits per heavy atom. The summed E-state index contributed by atoms with van der Waals surface area (Å²) >= 11 is 0. The predicted octanol–water partition coefficient (Wildman–Crippen LogP) is 3.12. The smallest absolute Gasteiger partial charge is 0.287 e. The van der Waals surface area contributed by atoms with E-state index in [0.717, 1.165) is 25.3 Å². The van der Waals surface area contributed by atoms with E-state index in [2.05, 4.69) is 30.8 Å². The Balaban J connectivity index is 1.31. The van der Waals surface area contributed by atoms with Crippen LogP contribution in [0.3, 0.4) is 0 Å². The fraction of sp³-hybridized carbons (Fsp3) is 0.286. The zero-order chi connectivity index (χ0) is 27.7. The summed E-state index contributed by atoms with van der Waals surface area (Å²) in [7, 11) is 2.04. The molecule has 3 heterocycles. The summed E-state index contributed by atoms with van der Waals surface area (Å²) in [6.45, 7) is 5.72. The van der Waals surface area contributed by atoms with Crippen molar-refractivity contribution in [1.29, 1.82) is 0 Å². The summed E-state index contributed by atoms with van der Waals surface area (Å²) in [4.78, 5) is 27.3. The van der Waals surface area contributed by atoms with Crippen LogP contribution in [0.15, 0.2) is 59.4 Å². The molecule has 0 aliphatic carbocycles. The molecule has 0 bridgehead atoms. The Morgan fingerprint density at radius 3 is 2.64 bits per heavy atom. The number of benzene rings is 2. The van der Waals surface area contributed by atoms with Gasteiger partial charge in [-0.2, -0.15) is 10.2 Å². The van der Waals surface area contributed by atoms with Crippen molar-refractivity contribution < 1.29 is 14.3 Å². The molecule has 2 aromatic heterocycles. The number of carbonyl (C=O) groups is 1. The second-order valence-corrected chi connectivity index (χ2v) is 10.2. The SMILES string of the molecule is CN1CCn2nc(Nc3cc(-c4ccc(F)c(CNC(=O)c5ccc(C(C)(C)O)cc5)c4)n[nH]c3=O)cc2C1. The second kappa shape index (κ2) is 10.4. The van der Waals surface area contributed by atoms with Crippen LogP contribution in [0.1, 0.15) is 41.0 Å². The maximum absolute atomic E-state index is 14.6. The summed E-state index contributed by atoms with van der Waals surface area (Å²) in [5.74, 6) is -0.293. The van der Waals surface area contributed by atoms with Gasteiger partial charge in [0.1, 0.15) is 11.5 Å². The largest absolute Gasteiger partial charge is 0.386 e. The molecule has 1 aliphatic rings. The van der Waals surface area contributed by atoms with Crippen molar-refractivity contribution in [3.8, 4) is 11.3 Å². The highest BCUT2D eigenvalue weighted by atomic mass is 19.1. The van der Waals surface area contributed by atoms with E-state index in [0.29, 0.717) is 28.2 Å². The van der Waals surface area contributed by atoms with Gasteiger partial charge in [0.05, 0.1) is 23.5 Å². The highest BCUT2D eigenvalue weighted by Gasteiger charge is 2.18. The van der Waals surface area contributed by atoms with E-state index in [1.165, 1.54) is 6.07 Å². The minimum atomic E-state index is -1.02. The molecule has 1 amide bonds. The number of nitrogens with zero attached hydrogens (tertiary/aromatic N) is 4. The van der Waals surface area contributed by atoms with Crippen LogP contribution in [0.25, 0.3) is 11.3 Å². The normalized spacial score (nSPS) is 13.7. The predicted molar refractivity (Wildman–Crippen MR) is 145 cm³/mol. The van der Waals surface area contributed by atoms with E-state index in [1.807, 2.05) is 17.8 Å². The van der Waals surface area contributed by atoms with E-state index in [-0.39, 0.29) is 23.7 Å². The van der Waals surface area contributed by atoms with Gasteiger partial charge in [0.2, 0.25) is 0 Å². The van der Waals surface area contributed by atoms with Crippen LogP contribution in [0.5, 0.6) is 0 Å². The van der Waals surface area contributed by atoms with E-state index < -0.39 is 17.0 Å². The van der Waals surface area contributed by atoms with Crippen molar-refractivity contribution in [2.75, 3.05) is 18.9 Å². The lowest BCUT2D eigenvalue weighted by molar-refractivity contribution is 0.0784. The van der Waals surface area contributed by atoms with Gasteiger partial charge in [-0.1, -0.05) is 12.1 Å². The summed E-state index contributed by atoms with van der Waals surface area (Å²) in [6, 6.07) is 14.5. The molecule has 2 aromatic carbocycles. The Bertz CT molecular complexity index is 1570. The van der Waals surface area contributed by atoms with Gasteiger partial charge >= 0.3 is 0 Å². The number of nitrogens with one attached hydrogen (secondary N) is 3. The number of aromatic nitrogens is 4. The first-order valence-electron chi connectivity index (χ1n) is 12.6. The average Bonchev–Trinajstić information content (AvgIpc) is 3.30. The molecular weight excluding hydrogens is 501 g/mol. The number of carbonyl (C=O) groups excluding carboxylic acids is 1. The Kier molecular flexibility index (Phi) is 7.02. The van der Waals surface area contributed by atoms with E-state index >= 15 is 0 Å². The van der Waals surface area contributed by atoms with Crippen LogP contribution >= 0.6 is 0 Å². The van der Waals surface area contributed by atoms with Crippen LogP contribution in [0.4, 0.5) is 15.9 Å². The van der Waals surface area contributed by atoms with Gasteiger partial charge in [-0.05, 0) is 62.9 Å². The molecule has 4 aromatic rings. The highest BCUT2D eigenvalue weighted by molar-refractivity contribution is 5.94. The summed E-state index contributed by atoms with van der Waals surface area (Å²) in [6.07, 6.45) is 0. The van der Waals surface area contributed by atoms with E-state index in [9.17, 15) is 19.1 Å². The lowest BCUT2D eigenvalue weighted by atomic mass is 9.97. The van der Waals surface area contributed by atoms with Crippen LogP contribution < -0.4 is 16.2 Å². The third kappa shape index (κ3) is 5.89. The summed E-state index contributed by atoms with van der Waals surface area (Å²) in [5, 5.41) is 27.0. The van der Waals surface area contributed by atoms with E-state index in [1.54, 1.807) is 56.3 Å². The van der Waals surface area contributed by atoms with Gasteiger partial charge in [0, 0.05) is 42.4 Å². The average molecular weight is 532 g/mol. The van der Waals surface area contributed by atoms with Crippen molar-refractivity contribution in [3.05, 3.63) is 93.2 Å². The molecule has 5 rings (SSSR count). The molecule has 0 unspecified atom stereocenters. The highest BCUT2D eigenvalue weighted by Crippen LogP contribution is 2.24. The molecule has 0 fully saturated rings. The van der Waals surface area contributed by atoms with Gasteiger partial charge < -0.3 is 15.7 Å². The number of amides is 1. The maximum Gasteiger partial charge on any atom is 0.287 e. The van der Waals surface area contributed by atoms with Crippen LogP contribution in [0.2, 0.25) is 0 Å². The molecule has 0 spiro atoms. The first kappa shape index (κ1) is 26.3. The van der Waals surface area contributed by atoms with Crippen molar-refractivity contribution in [2.24, 2.45) is 0 Å². The monoisotopic (exact) mass is 531 g/mol. The number of rotatable bonds is 7. The summed E-state index contributed by atoms with van der Waals surface area (Å²) < 4.78 is 16.5. The zero-order valence-corrected chi connectivity index (χ0v) is 22.0. The second-order valence-electron chi connectivity index (χ2n) is 10.2. The minimum absolute atomic E-state index is 0.0468. The van der Waals surface area contributed by atoms with Gasteiger partial charge in [-0.3, -0.25) is 19.2 Å².